The van der Waals surface area contributed by atoms with Gasteiger partial charge in [-0.25, -0.2) is 0 Å². The molecule has 10 heavy (non-hydrogen) atoms. The third kappa shape index (κ3) is 4.18. The Kier molecular flexibility index (Phi) is 6.24. The molecule has 0 aliphatic rings. The molecule has 2 heteroatoms. The fourth-order valence-electron chi connectivity index (χ4n) is 0.821. The highest BCUT2D eigenvalue weighted by Gasteiger charge is 2.08. The van der Waals surface area contributed by atoms with Gasteiger partial charge in [-0.05, 0) is 36.8 Å². The van der Waals surface area contributed by atoms with Crippen molar-refractivity contribution in [1.82, 2.24) is 0 Å². The number of hydrogen-bond acceptors (Lipinski definition) is 2. The van der Waals surface area contributed by atoms with Gasteiger partial charge in [0.05, 0.1) is 0 Å². The number of nitrogens with two attached hydrogens (primary N) is 1. The van der Waals surface area contributed by atoms with Gasteiger partial charge in [0.2, 0.25) is 0 Å². The lowest BCUT2D eigenvalue weighted by Gasteiger charge is -2.16. The molecule has 1 nitrogen and oxygen atoms in total. The van der Waals surface area contributed by atoms with E-state index < -0.39 is 0 Å². The zero-order valence-electron chi connectivity index (χ0n) is 7.26. The van der Waals surface area contributed by atoms with Gasteiger partial charge in [-0.1, -0.05) is 13.8 Å². The zero-order valence-corrected chi connectivity index (χ0v) is 8.08. The molecule has 0 heterocycles. The van der Waals surface area contributed by atoms with Crippen molar-refractivity contribution in [2.75, 3.05) is 18.6 Å². The van der Waals surface area contributed by atoms with Gasteiger partial charge in [0.1, 0.15) is 0 Å². The molecule has 0 aromatic rings. The Morgan fingerprint density at radius 3 is 2.30 bits per heavy atom. The molecule has 0 spiro atoms. The van der Waals surface area contributed by atoms with Crippen LogP contribution in [0, 0.1) is 11.8 Å². The van der Waals surface area contributed by atoms with Crippen molar-refractivity contribution >= 4 is 11.8 Å². The second kappa shape index (κ2) is 6.05. The Balaban J connectivity index is 3.31. The predicted octanol–water partition coefficient (Wildman–Crippen LogP) is 1.97. The molecule has 0 bridgehead atoms. The summed E-state index contributed by atoms with van der Waals surface area (Å²) >= 11 is 1.92. The van der Waals surface area contributed by atoms with Gasteiger partial charge in [-0.15, -0.1) is 0 Å². The van der Waals surface area contributed by atoms with Crippen molar-refractivity contribution in [3.05, 3.63) is 0 Å². The van der Waals surface area contributed by atoms with Crippen LogP contribution < -0.4 is 5.73 Å². The molecule has 2 unspecified atom stereocenters. The van der Waals surface area contributed by atoms with E-state index in [9.17, 15) is 0 Å². The van der Waals surface area contributed by atoms with Crippen LogP contribution in [0.2, 0.25) is 0 Å². The van der Waals surface area contributed by atoms with Gasteiger partial charge in [-0.3, -0.25) is 0 Å². The first-order valence-electron chi connectivity index (χ1n) is 3.91. The van der Waals surface area contributed by atoms with Gasteiger partial charge in [0.15, 0.2) is 0 Å². The largest absolute Gasteiger partial charge is 0.330 e. The summed E-state index contributed by atoms with van der Waals surface area (Å²) in [5.41, 5.74) is 5.54. The molecule has 0 fully saturated rings. The van der Waals surface area contributed by atoms with Crippen LogP contribution in [-0.2, 0) is 0 Å². The van der Waals surface area contributed by atoms with Crippen LogP contribution in [0.4, 0.5) is 0 Å². The molecule has 0 aliphatic carbocycles. The van der Waals surface area contributed by atoms with Crippen molar-refractivity contribution < 1.29 is 0 Å². The Hall–Kier alpha value is 0.310. The summed E-state index contributed by atoms with van der Waals surface area (Å²) < 4.78 is 0. The summed E-state index contributed by atoms with van der Waals surface area (Å²) in [6, 6.07) is 0. The minimum absolute atomic E-state index is 0.687. The monoisotopic (exact) mass is 161 g/mol. The van der Waals surface area contributed by atoms with E-state index in [0.29, 0.717) is 5.92 Å². The van der Waals surface area contributed by atoms with E-state index in [2.05, 4.69) is 20.1 Å². The summed E-state index contributed by atoms with van der Waals surface area (Å²) in [6.07, 6.45) is 3.46. The van der Waals surface area contributed by atoms with Gasteiger partial charge in [0, 0.05) is 0 Å². The van der Waals surface area contributed by atoms with E-state index in [1.54, 1.807) is 0 Å². The first kappa shape index (κ1) is 10.3. The molecule has 0 rings (SSSR count). The summed E-state index contributed by atoms with van der Waals surface area (Å²) in [5, 5.41) is 0. The van der Waals surface area contributed by atoms with Crippen LogP contribution in [0.1, 0.15) is 20.3 Å². The molecule has 62 valence electrons. The van der Waals surface area contributed by atoms with Gasteiger partial charge >= 0.3 is 0 Å². The first-order chi connectivity index (χ1) is 4.72. The molecule has 2 atom stereocenters. The maximum atomic E-state index is 5.54. The lowest BCUT2D eigenvalue weighted by atomic mass is 9.94. The summed E-state index contributed by atoms with van der Waals surface area (Å²) in [5.74, 6) is 2.75. The second-order valence-electron chi connectivity index (χ2n) is 2.97. The van der Waals surface area contributed by atoms with Crippen LogP contribution in [-0.4, -0.2) is 18.6 Å². The van der Waals surface area contributed by atoms with Crippen LogP contribution in [0.5, 0.6) is 0 Å². The highest BCUT2D eigenvalue weighted by Crippen LogP contribution is 2.15. The molecule has 0 aromatic carbocycles. The Morgan fingerprint density at radius 2 is 1.90 bits per heavy atom. The Labute approximate surface area is 68.8 Å². The molecule has 0 saturated carbocycles. The van der Waals surface area contributed by atoms with Crippen molar-refractivity contribution in [3.63, 3.8) is 0 Å². The van der Waals surface area contributed by atoms with Crippen molar-refractivity contribution in [2.45, 2.75) is 20.3 Å². The minimum atomic E-state index is 0.687. The molecule has 0 saturated heterocycles. The summed E-state index contributed by atoms with van der Waals surface area (Å²) in [6.45, 7) is 5.34. The van der Waals surface area contributed by atoms with Crippen molar-refractivity contribution in [3.8, 4) is 0 Å². The molecule has 0 aromatic heterocycles. The standard InChI is InChI=1S/C8H19NS/c1-7(4-5-10-3)8(2)6-9/h7-8H,4-6,9H2,1-3H3. The molecular formula is C8H19NS. The smallest absolute Gasteiger partial charge is 0.00490 e. The molecule has 0 radical (unpaired) electrons. The van der Waals surface area contributed by atoms with Crippen LogP contribution in [0.25, 0.3) is 0 Å². The topological polar surface area (TPSA) is 26.0 Å². The van der Waals surface area contributed by atoms with Gasteiger partial charge < -0.3 is 5.73 Å². The Bertz CT molecular complexity index is 75.7. The normalized spacial score (nSPS) is 16.8. The van der Waals surface area contributed by atoms with E-state index in [-0.39, 0.29) is 0 Å². The summed E-state index contributed by atoms with van der Waals surface area (Å²) in [7, 11) is 0. The average Bonchev–Trinajstić information content (AvgIpc) is 1.98. The van der Waals surface area contributed by atoms with E-state index in [1.165, 1.54) is 12.2 Å². The van der Waals surface area contributed by atoms with Gasteiger partial charge in [-0.2, -0.15) is 11.8 Å². The molecule has 0 aliphatic heterocycles. The predicted molar refractivity (Wildman–Crippen MR) is 50.4 cm³/mol. The highest BCUT2D eigenvalue weighted by molar-refractivity contribution is 7.98. The number of rotatable bonds is 5. The fraction of sp³-hybridized carbons (Fsp3) is 1.00. The maximum Gasteiger partial charge on any atom is -0.00490 e. The van der Waals surface area contributed by atoms with Crippen molar-refractivity contribution in [2.24, 2.45) is 17.6 Å². The second-order valence-corrected chi connectivity index (χ2v) is 3.96. The van der Waals surface area contributed by atoms with Crippen molar-refractivity contribution in [1.29, 1.82) is 0 Å². The van der Waals surface area contributed by atoms with E-state index in [1.807, 2.05) is 11.8 Å². The summed E-state index contributed by atoms with van der Waals surface area (Å²) in [4.78, 5) is 0. The Morgan fingerprint density at radius 1 is 1.30 bits per heavy atom. The zero-order chi connectivity index (χ0) is 7.98. The fourth-order valence-corrected chi connectivity index (χ4v) is 1.43. The van der Waals surface area contributed by atoms with Crippen LogP contribution >= 0.6 is 11.8 Å². The van der Waals surface area contributed by atoms with Crippen LogP contribution in [0.15, 0.2) is 0 Å². The number of thioether (sulfide) groups is 1. The third-order valence-corrected chi connectivity index (χ3v) is 2.76. The maximum absolute atomic E-state index is 5.54. The molecule has 0 amide bonds. The highest BCUT2D eigenvalue weighted by atomic mass is 32.2. The minimum Gasteiger partial charge on any atom is -0.330 e. The third-order valence-electron chi connectivity index (χ3n) is 2.12. The lowest BCUT2D eigenvalue weighted by molar-refractivity contribution is 0.388. The first-order valence-corrected chi connectivity index (χ1v) is 5.30. The van der Waals surface area contributed by atoms with E-state index in [0.717, 1.165) is 12.5 Å². The number of hydrogen-bond donors (Lipinski definition) is 1. The SMILES string of the molecule is CSCCC(C)C(C)CN. The quantitative estimate of drug-likeness (QED) is 0.667. The average molecular weight is 161 g/mol. The lowest BCUT2D eigenvalue weighted by Crippen LogP contribution is -2.18. The van der Waals surface area contributed by atoms with Gasteiger partial charge in [0.25, 0.3) is 0 Å². The van der Waals surface area contributed by atoms with E-state index >= 15 is 0 Å². The van der Waals surface area contributed by atoms with Crippen LogP contribution in [0.3, 0.4) is 0 Å². The molecule has 2 N–H and O–H groups in total. The molecular weight excluding hydrogens is 142 g/mol. The van der Waals surface area contributed by atoms with E-state index in [4.69, 9.17) is 5.73 Å².